The number of aryl methyl sites for hydroxylation is 1. The first kappa shape index (κ1) is 22.6. The summed E-state index contributed by atoms with van der Waals surface area (Å²) in [5, 5.41) is 12.2. The molecule has 6 nitrogen and oxygen atoms in total. The number of H-pyrrole nitrogens is 1. The van der Waals surface area contributed by atoms with E-state index in [-0.39, 0.29) is 11.3 Å². The standard InChI is InChI=1S/C27H30N2O4/c1-4-6-9-14-29-24(20-16-28-21-11-8-7-10-19(20)21)23(26(31)27(29)32)25(30)18-12-13-22(33-5-2)17(3)15-18/h7-8,10-13,15-16,24,28,30H,4-6,9,14H2,1-3H3/b25-23+. The third-order valence-corrected chi connectivity index (χ3v) is 6.21. The van der Waals surface area contributed by atoms with Crippen LogP contribution in [0.4, 0.5) is 0 Å². The van der Waals surface area contributed by atoms with E-state index in [0.717, 1.165) is 47.0 Å². The molecule has 4 rings (SSSR count). The van der Waals surface area contributed by atoms with Gasteiger partial charge in [-0.25, -0.2) is 0 Å². The van der Waals surface area contributed by atoms with Crippen LogP contribution in [0.3, 0.4) is 0 Å². The van der Waals surface area contributed by atoms with Crippen molar-refractivity contribution in [3.05, 3.63) is 70.9 Å². The van der Waals surface area contributed by atoms with E-state index in [1.807, 2.05) is 44.3 Å². The van der Waals surface area contributed by atoms with Crippen molar-refractivity contribution < 1.29 is 19.4 Å². The average Bonchev–Trinajstić information content (AvgIpc) is 3.34. The van der Waals surface area contributed by atoms with Crippen molar-refractivity contribution in [2.24, 2.45) is 0 Å². The number of nitrogens with one attached hydrogen (secondary N) is 1. The van der Waals surface area contributed by atoms with E-state index in [2.05, 4.69) is 11.9 Å². The van der Waals surface area contributed by atoms with Gasteiger partial charge in [0.25, 0.3) is 11.7 Å². The van der Waals surface area contributed by atoms with Crippen molar-refractivity contribution in [1.82, 2.24) is 9.88 Å². The summed E-state index contributed by atoms with van der Waals surface area (Å²) in [5.41, 5.74) is 3.20. The van der Waals surface area contributed by atoms with Gasteiger partial charge in [-0.1, -0.05) is 38.0 Å². The Labute approximate surface area is 193 Å². The molecule has 0 aliphatic carbocycles. The van der Waals surface area contributed by atoms with E-state index in [1.54, 1.807) is 23.1 Å². The number of aromatic amines is 1. The molecule has 0 saturated carbocycles. The van der Waals surface area contributed by atoms with Crippen LogP contribution < -0.4 is 4.74 Å². The quantitative estimate of drug-likeness (QED) is 0.208. The number of amides is 1. The van der Waals surface area contributed by atoms with Crippen LogP contribution in [0.15, 0.2) is 54.2 Å². The number of para-hydroxylation sites is 1. The molecule has 2 N–H and O–H groups in total. The van der Waals surface area contributed by atoms with Gasteiger partial charge >= 0.3 is 0 Å². The summed E-state index contributed by atoms with van der Waals surface area (Å²) < 4.78 is 5.60. The molecule has 0 radical (unpaired) electrons. The summed E-state index contributed by atoms with van der Waals surface area (Å²) >= 11 is 0. The van der Waals surface area contributed by atoms with E-state index in [4.69, 9.17) is 4.74 Å². The fraction of sp³-hybridized carbons (Fsp3) is 0.333. The molecule has 2 aromatic carbocycles. The van der Waals surface area contributed by atoms with Crippen molar-refractivity contribution in [3.8, 4) is 5.75 Å². The number of fused-ring (bicyclic) bond motifs is 1. The van der Waals surface area contributed by atoms with Gasteiger partial charge in [-0.2, -0.15) is 0 Å². The van der Waals surface area contributed by atoms with Crippen molar-refractivity contribution in [2.75, 3.05) is 13.2 Å². The third kappa shape index (κ3) is 4.13. The molecule has 1 atom stereocenters. The molecule has 172 valence electrons. The number of hydrogen-bond donors (Lipinski definition) is 2. The van der Waals surface area contributed by atoms with Gasteiger partial charge < -0.3 is 19.7 Å². The zero-order valence-electron chi connectivity index (χ0n) is 19.4. The molecular weight excluding hydrogens is 416 g/mol. The average molecular weight is 447 g/mol. The highest BCUT2D eigenvalue weighted by atomic mass is 16.5. The van der Waals surface area contributed by atoms with Crippen molar-refractivity contribution in [1.29, 1.82) is 0 Å². The molecule has 1 aliphatic rings. The van der Waals surface area contributed by atoms with Crippen molar-refractivity contribution >= 4 is 28.4 Å². The third-order valence-electron chi connectivity index (χ3n) is 6.21. The van der Waals surface area contributed by atoms with Crippen LogP contribution in [-0.2, 0) is 9.59 Å². The number of aromatic nitrogens is 1. The second kappa shape index (κ2) is 9.53. The summed E-state index contributed by atoms with van der Waals surface area (Å²) in [6.07, 6.45) is 4.60. The number of likely N-dealkylation sites (tertiary alicyclic amines) is 1. The summed E-state index contributed by atoms with van der Waals surface area (Å²) in [6, 6.07) is 12.4. The number of hydrogen-bond acceptors (Lipinski definition) is 4. The number of benzene rings is 2. The van der Waals surface area contributed by atoms with E-state index in [1.165, 1.54) is 0 Å². The molecule has 1 amide bonds. The predicted molar refractivity (Wildman–Crippen MR) is 129 cm³/mol. The van der Waals surface area contributed by atoms with Gasteiger partial charge in [-0.05, 0) is 50.1 Å². The van der Waals surface area contributed by atoms with Gasteiger partial charge in [0.1, 0.15) is 11.5 Å². The monoisotopic (exact) mass is 446 g/mol. The van der Waals surface area contributed by atoms with Crippen molar-refractivity contribution in [3.63, 3.8) is 0 Å². The first-order chi connectivity index (χ1) is 16.0. The first-order valence-corrected chi connectivity index (χ1v) is 11.6. The molecule has 3 aromatic rings. The number of rotatable bonds is 8. The lowest BCUT2D eigenvalue weighted by atomic mass is 9.94. The molecule has 1 unspecified atom stereocenters. The van der Waals surface area contributed by atoms with Gasteiger partial charge in [-0.15, -0.1) is 0 Å². The van der Waals surface area contributed by atoms with Gasteiger partial charge in [0.2, 0.25) is 0 Å². The zero-order valence-corrected chi connectivity index (χ0v) is 19.4. The molecule has 1 fully saturated rings. The fourth-order valence-electron chi connectivity index (χ4n) is 4.56. The van der Waals surface area contributed by atoms with Crippen LogP contribution in [-0.4, -0.2) is 39.8 Å². The molecule has 2 heterocycles. The molecule has 33 heavy (non-hydrogen) atoms. The molecule has 1 aliphatic heterocycles. The topological polar surface area (TPSA) is 82.6 Å². The van der Waals surface area contributed by atoms with Crippen molar-refractivity contribution in [2.45, 2.75) is 46.1 Å². The summed E-state index contributed by atoms with van der Waals surface area (Å²) in [5.74, 6) is -0.647. The van der Waals surface area contributed by atoms with E-state index in [0.29, 0.717) is 18.7 Å². The lowest BCUT2D eigenvalue weighted by Crippen LogP contribution is -2.30. The predicted octanol–water partition coefficient (Wildman–Crippen LogP) is 5.49. The van der Waals surface area contributed by atoms with Gasteiger partial charge in [0.05, 0.1) is 18.2 Å². The smallest absolute Gasteiger partial charge is 0.295 e. The number of aliphatic hydroxyl groups is 1. The summed E-state index contributed by atoms with van der Waals surface area (Å²) in [4.78, 5) is 31.2. The Kier molecular flexibility index (Phi) is 6.54. The molecule has 1 saturated heterocycles. The van der Waals surface area contributed by atoms with Gasteiger partial charge in [0, 0.05) is 34.8 Å². The maximum Gasteiger partial charge on any atom is 0.295 e. The highest BCUT2D eigenvalue weighted by molar-refractivity contribution is 6.46. The van der Waals surface area contributed by atoms with Crippen LogP contribution in [0, 0.1) is 6.92 Å². The summed E-state index contributed by atoms with van der Waals surface area (Å²) in [7, 11) is 0. The van der Waals surface area contributed by atoms with Crippen LogP contribution in [0.1, 0.15) is 55.8 Å². The second-order valence-corrected chi connectivity index (χ2v) is 8.40. The van der Waals surface area contributed by atoms with Gasteiger partial charge in [0.15, 0.2) is 0 Å². The van der Waals surface area contributed by atoms with Gasteiger partial charge in [-0.3, -0.25) is 9.59 Å². The number of carbonyl (C=O) groups is 2. The maximum atomic E-state index is 13.2. The van der Waals surface area contributed by atoms with Crippen LogP contribution in [0.2, 0.25) is 0 Å². The normalized spacial score (nSPS) is 17.8. The van der Waals surface area contributed by atoms with Crippen LogP contribution >= 0.6 is 0 Å². The van der Waals surface area contributed by atoms with E-state index < -0.39 is 17.7 Å². The largest absolute Gasteiger partial charge is 0.507 e. The Morgan fingerprint density at radius 2 is 1.91 bits per heavy atom. The Hall–Kier alpha value is -3.54. The minimum absolute atomic E-state index is 0.129. The Morgan fingerprint density at radius 1 is 1.12 bits per heavy atom. The molecule has 6 heteroatoms. The molecular formula is C27H30N2O4. The molecule has 0 spiro atoms. The lowest BCUT2D eigenvalue weighted by Gasteiger charge is -2.25. The van der Waals surface area contributed by atoms with Crippen LogP contribution in [0.5, 0.6) is 5.75 Å². The first-order valence-electron chi connectivity index (χ1n) is 11.6. The number of ether oxygens (including phenoxy) is 1. The fourth-order valence-corrected chi connectivity index (χ4v) is 4.56. The minimum Gasteiger partial charge on any atom is -0.507 e. The Morgan fingerprint density at radius 3 is 2.64 bits per heavy atom. The number of Topliss-reactive ketones (excluding diaryl/α,β-unsaturated/α-hetero) is 1. The van der Waals surface area contributed by atoms with E-state index in [9.17, 15) is 14.7 Å². The number of nitrogens with zero attached hydrogens (tertiary/aromatic N) is 1. The second-order valence-electron chi connectivity index (χ2n) is 8.40. The van der Waals surface area contributed by atoms with Crippen LogP contribution in [0.25, 0.3) is 16.7 Å². The van der Waals surface area contributed by atoms with E-state index >= 15 is 0 Å². The highest BCUT2D eigenvalue weighted by Gasteiger charge is 2.46. The maximum absolute atomic E-state index is 13.2. The zero-order chi connectivity index (χ0) is 23.5. The minimum atomic E-state index is -0.648. The summed E-state index contributed by atoms with van der Waals surface area (Å²) in [6.45, 7) is 6.90. The highest BCUT2D eigenvalue weighted by Crippen LogP contribution is 2.42. The molecule has 0 bridgehead atoms. The molecule has 1 aromatic heterocycles. The number of aliphatic hydroxyl groups excluding tert-OH is 1. The Balaban J connectivity index is 1.86. The number of ketones is 1. The Bertz CT molecular complexity index is 1220. The number of unbranched alkanes of at least 4 members (excludes halogenated alkanes) is 2. The lowest BCUT2D eigenvalue weighted by molar-refractivity contribution is -0.139. The SMILES string of the molecule is CCCCCN1C(=O)C(=O)/C(=C(/O)c2ccc(OCC)c(C)c2)C1c1c[nH]c2ccccc12. The number of carbonyl (C=O) groups excluding carboxylic acids is 2.